The number of aromatic nitrogens is 1. The Morgan fingerprint density at radius 1 is 1.44 bits per heavy atom. The minimum atomic E-state index is -0.375. The fourth-order valence-corrected chi connectivity index (χ4v) is 1.82. The summed E-state index contributed by atoms with van der Waals surface area (Å²) in [5.41, 5.74) is 1.40. The van der Waals surface area contributed by atoms with Gasteiger partial charge >= 0.3 is 0 Å². The molecule has 5 heteroatoms. The number of hydrogen-bond acceptors (Lipinski definition) is 3. The average Bonchev–Trinajstić information content (AvgIpc) is 2.78. The van der Waals surface area contributed by atoms with Crippen LogP contribution < -0.4 is 5.32 Å². The average molecular weight is 269 g/mol. The lowest BCUT2D eigenvalue weighted by molar-refractivity contribution is 0.569. The molecular formula is C13H14ClFN2O. The van der Waals surface area contributed by atoms with E-state index in [9.17, 15) is 4.39 Å². The van der Waals surface area contributed by atoms with Crippen molar-refractivity contribution in [2.75, 3.05) is 6.54 Å². The van der Waals surface area contributed by atoms with Gasteiger partial charge < -0.3 is 9.73 Å². The first kappa shape index (κ1) is 13.1. The van der Waals surface area contributed by atoms with Crippen molar-refractivity contribution in [1.82, 2.24) is 10.3 Å². The Hall–Kier alpha value is -1.39. The number of nitrogens with zero attached hydrogens (tertiary/aromatic N) is 1. The highest BCUT2D eigenvalue weighted by atomic mass is 35.5. The van der Waals surface area contributed by atoms with E-state index in [1.54, 1.807) is 12.3 Å². The third-order valence-electron chi connectivity index (χ3n) is 2.45. The molecule has 0 bridgehead atoms. The zero-order valence-electron chi connectivity index (χ0n) is 10.0. The van der Waals surface area contributed by atoms with Crippen molar-refractivity contribution in [2.24, 2.45) is 0 Å². The molecule has 1 heterocycles. The molecule has 1 N–H and O–H groups in total. The van der Waals surface area contributed by atoms with Gasteiger partial charge in [0.25, 0.3) is 0 Å². The van der Waals surface area contributed by atoms with Gasteiger partial charge in [0, 0.05) is 6.54 Å². The lowest BCUT2D eigenvalue weighted by Gasteiger charge is -1.99. The molecular weight excluding hydrogens is 255 g/mol. The summed E-state index contributed by atoms with van der Waals surface area (Å²) in [5, 5.41) is 3.52. The Kier molecular flexibility index (Phi) is 4.33. The Morgan fingerprint density at radius 2 is 2.28 bits per heavy atom. The molecule has 0 atom stereocenters. The van der Waals surface area contributed by atoms with E-state index < -0.39 is 0 Å². The molecule has 0 unspecified atom stereocenters. The molecule has 2 aromatic rings. The van der Waals surface area contributed by atoms with Gasteiger partial charge in [0.2, 0.25) is 5.89 Å². The largest absolute Gasteiger partial charge is 0.444 e. The van der Waals surface area contributed by atoms with Gasteiger partial charge in [0.1, 0.15) is 12.1 Å². The Bertz CT molecular complexity index is 527. The first-order valence-corrected chi connectivity index (χ1v) is 6.19. The highest BCUT2D eigenvalue weighted by Crippen LogP contribution is 2.27. The number of hydrogen-bond donors (Lipinski definition) is 1. The van der Waals surface area contributed by atoms with Gasteiger partial charge in [-0.25, -0.2) is 9.37 Å². The van der Waals surface area contributed by atoms with Crippen LogP contribution in [-0.2, 0) is 6.54 Å². The van der Waals surface area contributed by atoms with E-state index in [0.717, 1.165) is 18.7 Å². The molecule has 0 radical (unpaired) electrons. The van der Waals surface area contributed by atoms with E-state index in [1.165, 1.54) is 12.1 Å². The molecule has 0 aliphatic rings. The van der Waals surface area contributed by atoms with Crippen molar-refractivity contribution < 1.29 is 8.81 Å². The maximum Gasteiger partial charge on any atom is 0.227 e. The van der Waals surface area contributed by atoms with Crippen molar-refractivity contribution >= 4 is 11.6 Å². The van der Waals surface area contributed by atoms with Crippen LogP contribution in [0, 0.1) is 5.82 Å². The molecule has 0 saturated carbocycles. The van der Waals surface area contributed by atoms with Crippen molar-refractivity contribution in [1.29, 1.82) is 0 Å². The lowest BCUT2D eigenvalue weighted by atomic mass is 10.2. The third kappa shape index (κ3) is 3.09. The van der Waals surface area contributed by atoms with Crippen LogP contribution in [0.2, 0.25) is 5.02 Å². The van der Waals surface area contributed by atoms with Crippen LogP contribution >= 0.6 is 11.6 Å². The van der Waals surface area contributed by atoms with Crippen LogP contribution in [0.15, 0.2) is 28.9 Å². The molecule has 2 rings (SSSR count). The molecule has 0 aliphatic carbocycles. The second kappa shape index (κ2) is 5.98. The molecule has 3 nitrogen and oxygen atoms in total. The van der Waals surface area contributed by atoms with Crippen molar-refractivity contribution in [3.63, 3.8) is 0 Å². The number of benzene rings is 1. The normalized spacial score (nSPS) is 10.8. The highest BCUT2D eigenvalue weighted by Gasteiger charge is 2.10. The van der Waals surface area contributed by atoms with E-state index in [2.05, 4.69) is 17.2 Å². The van der Waals surface area contributed by atoms with E-state index in [1.807, 2.05) is 0 Å². The molecule has 0 saturated heterocycles. The summed E-state index contributed by atoms with van der Waals surface area (Å²) in [6.45, 7) is 3.68. The van der Waals surface area contributed by atoms with Gasteiger partial charge in [0.05, 0.1) is 16.3 Å². The zero-order valence-corrected chi connectivity index (χ0v) is 10.8. The molecule has 1 aromatic carbocycles. The summed E-state index contributed by atoms with van der Waals surface area (Å²) in [7, 11) is 0. The SMILES string of the molecule is CCCNCc1coc(-c2ccc(F)cc2Cl)n1. The number of nitrogens with one attached hydrogen (secondary N) is 1. The number of halogens is 2. The quantitative estimate of drug-likeness (QED) is 0.842. The summed E-state index contributed by atoms with van der Waals surface area (Å²) in [6.07, 6.45) is 2.65. The molecule has 1 aromatic heterocycles. The van der Waals surface area contributed by atoms with E-state index in [0.29, 0.717) is 23.0 Å². The van der Waals surface area contributed by atoms with Crippen LogP contribution in [0.4, 0.5) is 4.39 Å². The minimum absolute atomic E-state index is 0.296. The lowest BCUT2D eigenvalue weighted by Crippen LogP contribution is -2.13. The van der Waals surface area contributed by atoms with Gasteiger partial charge in [-0.15, -0.1) is 0 Å². The molecule has 18 heavy (non-hydrogen) atoms. The van der Waals surface area contributed by atoms with Gasteiger partial charge in [0.15, 0.2) is 0 Å². The summed E-state index contributed by atoms with van der Waals surface area (Å²) >= 11 is 5.94. The fourth-order valence-electron chi connectivity index (χ4n) is 1.57. The van der Waals surface area contributed by atoms with Crippen molar-refractivity contribution in [2.45, 2.75) is 19.9 Å². The first-order valence-electron chi connectivity index (χ1n) is 5.81. The maximum atomic E-state index is 12.9. The standard InChI is InChI=1S/C13H14ClFN2O/c1-2-5-16-7-10-8-18-13(17-10)11-4-3-9(15)6-12(11)14/h3-4,6,8,16H,2,5,7H2,1H3. The topological polar surface area (TPSA) is 38.1 Å². The first-order chi connectivity index (χ1) is 8.70. The molecule has 0 fully saturated rings. The van der Waals surface area contributed by atoms with Crippen LogP contribution in [0.1, 0.15) is 19.0 Å². The summed E-state index contributed by atoms with van der Waals surface area (Å²) in [6, 6.07) is 4.14. The summed E-state index contributed by atoms with van der Waals surface area (Å²) in [4.78, 5) is 4.31. The van der Waals surface area contributed by atoms with E-state index in [-0.39, 0.29) is 5.82 Å². The highest BCUT2D eigenvalue weighted by molar-refractivity contribution is 6.33. The van der Waals surface area contributed by atoms with Gasteiger partial charge in [-0.2, -0.15) is 0 Å². The molecule has 96 valence electrons. The van der Waals surface area contributed by atoms with E-state index in [4.69, 9.17) is 16.0 Å². The van der Waals surface area contributed by atoms with Crippen LogP contribution in [0.25, 0.3) is 11.5 Å². The van der Waals surface area contributed by atoms with Gasteiger partial charge in [-0.05, 0) is 31.2 Å². The summed E-state index contributed by atoms with van der Waals surface area (Å²) < 4.78 is 18.3. The predicted molar refractivity (Wildman–Crippen MR) is 68.9 cm³/mol. The van der Waals surface area contributed by atoms with Gasteiger partial charge in [-0.3, -0.25) is 0 Å². The smallest absolute Gasteiger partial charge is 0.227 e. The summed E-state index contributed by atoms with van der Waals surface area (Å²) in [5.74, 6) is 0.0356. The van der Waals surface area contributed by atoms with E-state index >= 15 is 0 Å². The second-order valence-corrected chi connectivity index (χ2v) is 4.35. The minimum Gasteiger partial charge on any atom is -0.444 e. The van der Waals surface area contributed by atoms with Crippen LogP contribution in [-0.4, -0.2) is 11.5 Å². The monoisotopic (exact) mass is 268 g/mol. The number of rotatable bonds is 5. The molecule has 0 spiro atoms. The van der Waals surface area contributed by atoms with Crippen LogP contribution in [0.5, 0.6) is 0 Å². The predicted octanol–water partition coefficient (Wildman–Crippen LogP) is 3.63. The van der Waals surface area contributed by atoms with Crippen molar-refractivity contribution in [3.05, 3.63) is 41.0 Å². The van der Waals surface area contributed by atoms with Gasteiger partial charge in [-0.1, -0.05) is 18.5 Å². The third-order valence-corrected chi connectivity index (χ3v) is 2.76. The Balaban J connectivity index is 2.13. The second-order valence-electron chi connectivity index (χ2n) is 3.94. The number of oxazole rings is 1. The molecule has 0 amide bonds. The maximum absolute atomic E-state index is 12.9. The zero-order chi connectivity index (χ0) is 13.0. The Labute approximate surface area is 110 Å². The van der Waals surface area contributed by atoms with Crippen LogP contribution in [0.3, 0.4) is 0 Å². The molecule has 0 aliphatic heterocycles. The van der Waals surface area contributed by atoms with Crippen molar-refractivity contribution in [3.8, 4) is 11.5 Å². The Morgan fingerprint density at radius 3 is 3.00 bits per heavy atom. The fraction of sp³-hybridized carbons (Fsp3) is 0.308.